The number of aromatic nitrogens is 3. The molecule has 136 valence electrons. The molecule has 1 fully saturated rings. The van der Waals surface area contributed by atoms with Gasteiger partial charge in [-0.15, -0.1) is 11.3 Å². The molecule has 2 aliphatic rings. The van der Waals surface area contributed by atoms with Gasteiger partial charge in [-0.2, -0.15) is 0 Å². The lowest BCUT2D eigenvalue weighted by molar-refractivity contribution is -0.655. The van der Waals surface area contributed by atoms with E-state index in [1.165, 1.54) is 51.0 Å². The van der Waals surface area contributed by atoms with Gasteiger partial charge in [0.2, 0.25) is 0 Å². The molecule has 3 aromatic rings. The number of nitrogens with zero attached hydrogens (tertiary/aromatic N) is 4. The Labute approximate surface area is 157 Å². The molecule has 5 rings (SSSR count). The van der Waals surface area contributed by atoms with E-state index in [9.17, 15) is 0 Å². The number of piperazine rings is 1. The monoisotopic (exact) mass is 368 g/mol. The minimum absolute atomic E-state index is 0.638. The first-order chi connectivity index (χ1) is 12.7. The third-order valence-electron chi connectivity index (χ3n) is 5.65. The first kappa shape index (κ1) is 16.4. The molecule has 6 heteroatoms. The second-order valence-electron chi connectivity index (χ2n) is 7.98. The quantitative estimate of drug-likeness (QED) is 0.771. The Balaban J connectivity index is 1.74. The maximum atomic E-state index is 5.14. The van der Waals surface area contributed by atoms with Gasteiger partial charge in [-0.25, -0.2) is 15.0 Å². The minimum Gasteiger partial charge on any atom is -0.344 e. The van der Waals surface area contributed by atoms with E-state index >= 15 is 0 Å². The maximum absolute atomic E-state index is 5.14. The summed E-state index contributed by atoms with van der Waals surface area (Å²) in [5.74, 6) is 1.75. The fraction of sp³-hybridized carbons (Fsp3) is 0.550. The van der Waals surface area contributed by atoms with Gasteiger partial charge < -0.3 is 10.2 Å². The maximum Gasteiger partial charge on any atom is 0.150 e. The number of nitrogens with two attached hydrogens (primary N) is 1. The molecule has 0 saturated carbocycles. The molecular formula is C20H26N5S+. The molecular weight excluding hydrogens is 342 g/mol. The summed E-state index contributed by atoms with van der Waals surface area (Å²) in [6.07, 6.45) is 6.43. The molecule has 4 heterocycles. The normalized spacial score (nSPS) is 17.6. The SMILES string of the molecule is CC(C)Cc1nc2sc3c(N4CC[NH2+]CC4)ncnc3c2c2c1CCC2. The Bertz CT molecular complexity index is 971. The highest BCUT2D eigenvalue weighted by Gasteiger charge is 2.26. The number of fused-ring (bicyclic) bond motifs is 5. The van der Waals surface area contributed by atoms with Crippen LogP contribution in [0, 0.1) is 5.92 Å². The summed E-state index contributed by atoms with van der Waals surface area (Å²) in [6.45, 7) is 8.98. The highest BCUT2D eigenvalue weighted by Crippen LogP contribution is 2.42. The largest absolute Gasteiger partial charge is 0.344 e. The number of aryl methyl sites for hydroxylation is 1. The van der Waals surface area contributed by atoms with E-state index in [0.717, 1.165) is 43.9 Å². The van der Waals surface area contributed by atoms with E-state index in [2.05, 4.69) is 29.0 Å². The topological polar surface area (TPSA) is 58.5 Å². The zero-order valence-corrected chi connectivity index (χ0v) is 16.4. The third kappa shape index (κ3) is 2.58. The van der Waals surface area contributed by atoms with Crippen LogP contribution >= 0.6 is 11.3 Å². The van der Waals surface area contributed by atoms with Crippen molar-refractivity contribution < 1.29 is 5.32 Å². The van der Waals surface area contributed by atoms with Gasteiger partial charge in [0.05, 0.1) is 36.4 Å². The average molecular weight is 369 g/mol. The van der Waals surface area contributed by atoms with Crippen molar-refractivity contribution in [3.05, 3.63) is 23.1 Å². The first-order valence-electron chi connectivity index (χ1n) is 9.87. The number of thiophene rings is 1. The number of hydrogen-bond donors (Lipinski definition) is 1. The van der Waals surface area contributed by atoms with Crippen molar-refractivity contribution in [1.82, 2.24) is 15.0 Å². The first-order valence-corrected chi connectivity index (χ1v) is 10.7. The van der Waals surface area contributed by atoms with Gasteiger partial charge in [0.15, 0.2) is 5.82 Å². The number of hydrogen-bond acceptors (Lipinski definition) is 5. The molecule has 1 aliphatic carbocycles. The number of quaternary nitrogens is 1. The molecule has 2 N–H and O–H groups in total. The van der Waals surface area contributed by atoms with Crippen LogP contribution in [0.1, 0.15) is 37.1 Å². The predicted molar refractivity (Wildman–Crippen MR) is 107 cm³/mol. The number of rotatable bonds is 3. The lowest BCUT2D eigenvalue weighted by Gasteiger charge is -2.26. The zero-order valence-electron chi connectivity index (χ0n) is 15.6. The second kappa shape index (κ2) is 6.43. The summed E-state index contributed by atoms with van der Waals surface area (Å²) in [7, 11) is 0. The molecule has 0 aromatic carbocycles. The van der Waals surface area contributed by atoms with E-state index in [0.29, 0.717) is 5.92 Å². The van der Waals surface area contributed by atoms with Crippen LogP contribution in [0.3, 0.4) is 0 Å². The molecule has 0 atom stereocenters. The van der Waals surface area contributed by atoms with Gasteiger partial charge in [0.25, 0.3) is 0 Å². The van der Waals surface area contributed by atoms with Crippen molar-refractivity contribution in [3.8, 4) is 0 Å². The van der Waals surface area contributed by atoms with Crippen LogP contribution < -0.4 is 10.2 Å². The molecule has 26 heavy (non-hydrogen) atoms. The fourth-order valence-corrected chi connectivity index (χ4v) is 5.70. The Morgan fingerprint density at radius 2 is 1.96 bits per heavy atom. The van der Waals surface area contributed by atoms with Crippen LogP contribution in [0.15, 0.2) is 6.33 Å². The molecule has 1 aliphatic heterocycles. The van der Waals surface area contributed by atoms with Crippen molar-refractivity contribution in [2.45, 2.75) is 39.5 Å². The highest BCUT2D eigenvalue weighted by molar-refractivity contribution is 7.26. The standard InChI is InChI=1S/C20H25N5S/c1-12(2)10-15-13-4-3-5-14(13)16-17-18(26-20(16)24-15)19(23-11-22-17)25-8-6-21-7-9-25/h11-12,21H,3-10H2,1-2H3/p+1. The minimum atomic E-state index is 0.638. The van der Waals surface area contributed by atoms with Crippen LogP contribution in [-0.4, -0.2) is 41.1 Å². The van der Waals surface area contributed by atoms with E-state index in [4.69, 9.17) is 9.97 Å². The van der Waals surface area contributed by atoms with Crippen LogP contribution in [0.2, 0.25) is 0 Å². The number of anilines is 1. The Morgan fingerprint density at radius 1 is 1.15 bits per heavy atom. The van der Waals surface area contributed by atoms with Crippen molar-refractivity contribution in [2.24, 2.45) is 5.92 Å². The average Bonchev–Trinajstić information content (AvgIpc) is 3.25. The van der Waals surface area contributed by atoms with Crippen molar-refractivity contribution in [3.63, 3.8) is 0 Å². The van der Waals surface area contributed by atoms with Gasteiger partial charge in [0.1, 0.15) is 11.2 Å². The molecule has 0 bridgehead atoms. The van der Waals surface area contributed by atoms with Crippen molar-refractivity contribution >= 4 is 37.6 Å². The van der Waals surface area contributed by atoms with E-state index in [1.807, 2.05) is 0 Å². The van der Waals surface area contributed by atoms with Gasteiger partial charge >= 0.3 is 0 Å². The number of pyridine rings is 1. The molecule has 3 aromatic heterocycles. The zero-order chi connectivity index (χ0) is 17.7. The van der Waals surface area contributed by atoms with E-state index < -0.39 is 0 Å². The van der Waals surface area contributed by atoms with Gasteiger partial charge in [0, 0.05) is 11.1 Å². The van der Waals surface area contributed by atoms with Gasteiger partial charge in [-0.05, 0) is 42.7 Å². The summed E-state index contributed by atoms with van der Waals surface area (Å²) >= 11 is 1.80. The highest BCUT2D eigenvalue weighted by atomic mass is 32.1. The summed E-state index contributed by atoms with van der Waals surface area (Å²) < 4.78 is 1.23. The lowest BCUT2D eigenvalue weighted by Crippen LogP contribution is -2.89. The molecule has 0 unspecified atom stereocenters. The molecule has 5 nitrogen and oxygen atoms in total. The summed E-state index contributed by atoms with van der Waals surface area (Å²) in [4.78, 5) is 18.1. The fourth-order valence-electron chi connectivity index (χ4n) is 4.51. The Morgan fingerprint density at radius 3 is 2.77 bits per heavy atom. The van der Waals surface area contributed by atoms with Crippen LogP contribution in [0.25, 0.3) is 20.4 Å². The molecule has 0 amide bonds. The lowest BCUT2D eigenvalue weighted by atomic mass is 9.99. The Kier molecular flexibility index (Phi) is 4.05. The smallest absolute Gasteiger partial charge is 0.150 e. The molecule has 0 radical (unpaired) electrons. The third-order valence-corrected chi connectivity index (χ3v) is 6.72. The van der Waals surface area contributed by atoms with Crippen molar-refractivity contribution in [1.29, 1.82) is 0 Å². The second-order valence-corrected chi connectivity index (χ2v) is 8.98. The molecule has 1 saturated heterocycles. The summed E-state index contributed by atoms with van der Waals surface area (Å²) in [6, 6.07) is 0. The van der Waals surface area contributed by atoms with E-state index in [1.54, 1.807) is 17.7 Å². The summed E-state index contributed by atoms with van der Waals surface area (Å²) in [5.41, 5.74) is 5.49. The van der Waals surface area contributed by atoms with Crippen LogP contribution in [-0.2, 0) is 19.3 Å². The van der Waals surface area contributed by atoms with Crippen LogP contribution in [0.4, 0.5) is 5.82 Å². The predicted octanol–water partition coefficient (Wildman–Crippen LogP) is 2.31. The van der Waals surface area contributed by atoms with Gasteiger partial charge in [-0.3, -0.25) is 0 Å². The van der Waals surface area contributed by atoms with Gasteiger partial charge in [-0.1, -0.05) is 13.8 Å². The van der Waals surface area contributed by atoms with E-state index in [-0.39, 0.29) is 0 Å². The van der Waals surface area contributed by atoms with Crippen LogP contribution in [0.5, 0.6) is 0 Å². The summed E-state index contributed by atoms with van der Waals surface area (Å²) in [5, 5.41) is 3.70. The molecule has 0 spiro atoms. The van der Waals surface area contributed by atoms with Crippen molar-refractivity contribution in [2.75, 3.05) is 31.1 Å². The Hall–Kier alpha value is -1.79.